The predicted molar refractivity (Wildman–Crippen MR) is 102 cm³/mol. The molecule has 2 heterocycles. The molecule has 0 aromatic heterocycles. The van der Waals surface area contributed by atoms with Gasteiger partial charge in [-0.3, -0.25) is 9.69 Å². The number of hydrogen-bond donors (Lipinski definition) is 0. The maximum Gasteiger partial charge on any atom is 0.241 e. The number of carbonyl (C=O) groups excluding carboxylic acids is 1. The van der Waals surface area contributed by atoms with Crippen molar-refractivity contribution in [3.63, 3.8) is 0 Å². The number of halogens is 2. The standard InChI is InChI=1S/C18H25ClFN3O3S/c1-27(25,26)23-7-3-2-4-17(23)18(24)22-10-8-21(9-11-22)13-14-5-6-15(20)12-16(14)19/h5-6,12,17H,2-4,7-11,13H2,1H3. The van der Waals surface area contributed by atoms with Gasteiger partial charge in [-0.05, 0) is 30.5 Å². The Morgan fingerprint density at radius 2 is 1.89 bits per heavy atom. The van der Waals surface area contributed by atoms with Gasteiger partial charge in [0.25, 0.3) is 0 Å². The van der Waals surface area contributed by atoms with Crippen molar-refractivity contribution >= 4 is 27.5 Å². The van der Waals surface area contributed by atoms with Crippen molar-refractivity contribution in [3.05, 3.63) is 34.6 Å². The molecule has 1 atom stereocenters. The van der Waals surface area contributed by atoms with Crippen LogP contribution in [0.15, 0.2) is 18.2 Å². The first-order valence-corrected chi connectivity index (χ1v) is 11.4. The molecule has 1 unspecified atom stereocenters. The zero-order valence-corrected chi connectivity index (χ0v) is 17.0. The van der Waals surface area contributed by atoms with Crippen molar-refractivity contribution in [2.24, 2.45) is 0 Å². The van der Waals surface area contributed by atoms with E-state index in [1.165, 1.54) is 22.7 Å². The number of carbonyl (C=O) groups is 1. The van der Waals surface area contributed by atoms with Crippen LogP contribution in [0, 0.1) is 5.82 Å². The van der Waals surface area contributed by atoms with Crippen LogP contribution in [0.25, 0.3) is 0 Å². The number of sulfonamides is 1. The molecule has 1 aromatic rings. The quantitative estimate of drug-likeness (QED) is 0.751. The molecule has 1 aromatic carbocycles. The van der Waals surface area contributed by atoms with E-state index < -0.39 is 16.1 Å². The van der Waals surface area contributed by atoms with E-state index in [2.05, 4.69) is 4.90 Å². The Hall–Kier alpha value is -1.22. The third-order valence-electron chi connectivity index (χ3n) is 5.26. The van der Waals surface area contributed by atoms with E-state index in [1.54, 1.807) is 11.0 Å². The highest BCUT2D eigenvalue weighted by molar-refractivity contribution is 7.88. The molecule has 2 fully saturated rings. The number of amides is 1. The Balaban J connectivity index is 1.59. The minimum Gasteiger partial charge on any atom is -0.339 e. The average Bonchev–Trinajstić information content (AvgIpc) is 2.63. The summed E-state index contributed by atoms with van der Waals surface area (Å²) in [6.07, 6.45) is 3.41. The maximum absolute atomic E-state index is 13.2. The number of hydrogen-bond acceptors (Lipinski definition) is 4. The number of piperidine rings is 1. The third kappa shape index (κ3) is 4.99. The second-order valence-electron chi connectivity index (χ2n) is 7.22. The van der Waals surface area contributed by atoms with E-state index in [1.807, 2.05) is 0 Å². The second kappa shape index (κ2) is 8.43. The van der Waals surface area contributed by atoms with Gasteiger partial charge in [0.1, 0.15) is 11.9 Å². The van der Waals surface area contributed by atoms with E-state index in [-0.39, 0.29) is 11.7 Å². The first-order valence-electron chi connectivity index (χ1n) is 9.17. The molecule has 0 spiro atoms. The summed E-state index contributed by atoms with van der Waals surface area (Å²) in [4.78, 5) is 16.8. The van der Waals surface area contributed by atoms with E-state index in [0.29, 0.717) is 50.7 Å². The summed E-state index contributed by atoms with van der Waals surface area (Å²) in [7, 11) is -3.39. The van der Waals surface area contributed by atoms with E-state index >= 15 is 0 Å². The topological polar surface area (TPSA) is 60.9 Å². The summed E-state index contributed by atoms with van der Waals surface area (Å²) < 4.78 is 38.5. The molecule has 0 bridgehead atoms. The Morgan fingerprint density at radius 3 is 2.52 bits per heavy atom. The molecular formula is C18H25ClFN3O3S. The summed E-state index contributed by atoms with van der Waals surface area (Å²) in [5.41, 5.74) is 0.855. The Morgan fingerprint density at radius 1 is 1.19 bits per heavy atom. The lowest BCUT2D eigenvalue weighted by Crippen LogP contribution is -2.56. The number of nitrogens with zero attached hydrogens (tertiary/aromatic N) is 3. The van der Waals surface area contributed by atoms with Crippen LogP contribution >= 0.6 is 11.6 Å². The predicted octanol–water partition coefficient (Wildman–Crippen LogP) is 1.94. The molecule has 6 nitrogen and oxygen atoms in total. The summed E-state index contributed by atoms with van der Waals surface area (Å²) in [5.74, 6) is -0.457. The highest BCUT2D eigenvalue weighted by Crippen LogP contribution is 2.23. The lowest BCUT2D eigenvalue weighted by molar-refractivity contribution is -0.138. The normalized spacial score (nSPS) is 22.8. The molecule has 0 radical (unpaired) electrons. The maximum atomic E-state index is 13.2. The molecule has 0 N–H and O–H groups in total. The van der Waals surface area contributed by atoms with Gasteiger partial charge in [-0.25, -0.2) is 12.8 Å². The summed E-state index contributed by atoms with van der Waals surface area (Å²) >= 11 is 6.09. The number of piperazine rings is 1. The van der Waals surface area contributed by atoms with Crippen molar-refractivity contribution in [2.45, 2.75) is 31.8 Å². The van der Waals surface area contributed by atoms with Gasteiger partial charge in [0, 0.05) is 44.3 Å². The van der Waals surface area contributed by atoms with Crippen molar-refractivity contribution in [1.29, 1.82) is 0 Å². The minimum atomic E-state index is -3.39. The smallest absolute Gasteiger partial charge is 0.241 e. The monoisotopic (exact) mass is 417 g/mol. The number of benzene rings is 1. The SMILES string of the molecule is CS(=O)(=O)N1CCCCC1C(=O)N1CCN(Cc2ccc(F)cc2Cl)CC1. The van der Waals surface area contributed by atoms with Crippen LogP contribution in [0.2, 0.25) is 5.02 Å². The van der Waals surface area contributed by atoms with E-state index in [0.717, 1.165) is 18.4 Å². The fourth-order valence-corrected chi connectivity index (χ4v) is 5.12. The zero-order valence-electron chi connectivity index (χ0n) is 15.4. The third-order valence-corrected chi connectivity index (χ3v) is 6.90. The molecule has 1 amide bonds. The van der Waals surface area contributed by atoms with Crippen LogP contribution in [0.3, 0.4) is 0 Å². The highest BCUT2D eigenvalue weighted by atomic mass is 35.5. The van der Waals surface area contributed by atoms with Crippen LogP contribution in [-0.2, 0) is 21.4 Å². The summed E-state index contributed by atoms with van der Waals surface area (Å²) in [6.45, 7) is 3.45. The van der Waals surface area contributed by atoms with E-state index in [4.69, 9.17) is 11.6 Å². The summed E-state index contributed by atoms with van der Waals surface area (Å²) in [5, 5.41) is 0.402. The van der Waals surface area contributed by atoms with Crippen LogP contribution in [0.4, 0.5) is 4.39 Å². The Kier molecular flexibility index (Phi) is 6.40. The van der Waals surface area contributed by atoms with Gasteiger partial charge in [0.2, 0.25) is 15.9 Å². The summed E-state index contributed by atoms with van der Waals surface area (Å²) in [6, 6.07) is 3.80. The fourth-order valence-electron chi connectivity index (χ4n) is 3.78. The van der Waals surface area contributed by atoms with Gasteiger partial charge < -0.3 is 4.90 Å². The van der Waals surface area contributed by atoms with Crippen LogP contribution in [-0.4, -0.2) is 73.5 Å². The molecule has 150 valence electrons. The van der Waals surface area contributed by atoms with Crippen molar-refractivity contribution in [1.82, 2.24) is 14.1 Å². The highest BCUT2D eigenvalue weighted by Gasteiger charge is 2.37. The second-order valence-corrected chi connectivity index (χ2v) is 9.56. The average molecular weight is 418 g/mol. The van der Waals surface area contributed by atoms with Crippen molar-refractivity contribution < 1.29 is 17.6 Å². The van der Waals surface area contributed by atoms with Crippen molar-refractivity contribution in [2.75, 3.05) is 39.0 Å². The lowest BCUT2D eigenvalue weighted by atomic mass is 10.0. The van der Waals surface area contributed by atoms with Crippen LogP contribution in [0.1, 0.15) is 24.8 Å². The van der Waals surface area contributed by atoms with Gasteiger partial charge >= 0.3 is 0 Å². The molecule has 0 aliphatic carbocycles. The Labute approximate surface area is 164 Å². The molecule has 9 heteroatoms. The van der Waals surface area contributed by atoms with Crippen LogP contribution in [0.5, 0.6) is 0 Å². The molecule has 2 saturated heterocycles. The van der Waals surface area contributed by atoms with Gasteiger partial charge in [-0.2, -0.15) is 4.31 Å². The van der Waals surface area contributed by atoms with E-state index in [9.17, 15) is 17.6 Å². The largest absolute Gasteiger partial charge is 0.339 e. The van der Waals surface area contributed by atoms with Gasteiger partial charge in [-0.1, -0.05) is 24.1 Å². The molecule has 2 aliphatic rings. The molecule has 0 saturated carbocycles. The minimum absolute atomic E-state index is 0.0976. The zero-order chi connectivity index (χ0) is 19.6. The lowest BCUT2D eigenvalue weighted by Gasteiger charge is -2.40. The first kappa shape index (κ1) is 20.5. The number of rotatable bonds is 4. The molecular weight excluding hydrogens is 393 g/mol. The van der Waals surface area contributed by atoms with Gasteiger partial charge in [0.05, 0.1) is 6.26 Å². The Bertz CT molecular complexity index is 797. The van der Waals surface area contributed by atoms with Gasteiger partial charge in [0.15, 0.2) is 0 Å². The molecule has 27 heavy (non-hydrogen) atoms. The molecule has 2 aliphatic heterocycles. The fraction of sp³-hybridized carbons (Fsp3) is 0.611. The van der Waals surface area contributed by atoms with Crippen LogP contribution < -0.4 is 0 Å². The van der Waals surface area contributed by atoms with Gasteiger partial charge in [-0.15, -0.1) is 0 Å². The molecule has 3 rings (SSSR count). The van der Waals surface area contributed by atoms with Crippen molar-refractivity contribution in [3.8, 4) is 0 Å². The first-order chi connectivity index (χ1) is 12.8.